The maximum absolute atomic E-state index is 11.9. The van der Waals surface area contributed by atoms with E-state index in [1.807, 2.05) is 18.2 Å². The molecule has 0 unspecified atom stereocenters. The van der Waals surface area contributed by atoms with Crippen LogP contribution in [0.4, 0.5) is 5.69 Å². The van der Waals surface area contributed by atoms with E-state index in [1.54, 1.807) is 0 Å². The number of hydrogen-bond acceptors (Lipinski definition) is 5. The van der Waals surface area contributed by atoms with Crippen molar-refractivity contribution in [3.05, 3.63) is 29.8 Å². The highest BCUT2D eigenvalue weighted by Crippen LogP contribution is 2.36. The fourth-order valence-electron chi connectivity index (χ4n) is 3.09. The number of methoxy groups -OCH3 is 1. The molecule has 1 saturated heterocycles. The Bertz CT molecular complexity index is 499. The van der Waals surface area contributed by atoms with Crippen LogP contribution < -0.4 is 4.90 Å². The molecule has 5 heteroatoms. The average Bonchev–Trinajstić information content (AvgIpc) is 3.05. The predicted molar refractivity (Wildman–Crippen MR) is 78.3 cm³/mol. The van der Waals surface area contributed by atoms with Gasteiger partial charge < -0.3 is 19.1 Å². The van der Waals surface area contributed by atoms with Gasteiger partial charge in [0.1, 0.15) is 0 Å². The van der Waals surface area contributed by atoms with Crippen molar-refractivity contribution < 1.29 is 19.0 Å². The molecule has 0 saturated carbocycles. The Hall–Kier alpha value is -1.59. The van der Waals surface area contributed by atoms with Crippen LogP contribution in [-0.4, -0.2) is 45.7 Å². The Kier molecular flexibility index (Phi) is 4.41. The molecule has 114 valence electrons. The van der Waals surface area contributed by atoms with Gasteiger partial charge in [-0.05, 0) is 18.1 Å². The van der Waals surface area contributed by atoms with Crippen molar-refractivity contribution in [2.24, 2.45) is 0 Å². The van der Waals surface area contributed by atoms with Gasteiger partial charge in [0, 0.05) is 25.2 Å². The maximum atomic E-state index is 11.9. The summed E-state index contributed by atoms with van der Waals surface area (Å²) in [6, 6.07) is 8.07. The Balaban J connectivity index is 1.72. The molecule has 0 aromatic heterocycles. The highest BCUT2D eigenvalue weighted by Gasteiger charge is 2.30. The van der Waals surface area contributed by atoms with Crippen molar-refractivity contribution in [3.63, 3.8) is 0 Å². The lowest BCUT2D eigenvalue weighted by atomic mass is 9.90. The van der Waals surface area contributed by atoms with Crippen LogP contribution in [-0.2, 0) is 19.0 Å². The molecular weight excluding hydrogens is 270 g/mol. The van der Waals surface area contributed by atoms with Crippen molar-refractivity contribution in [2.45, 2.75) is 25.0 Å². The number of carbonyl (C=O) groups is 1. The quantitative estimate of drug-likeness (QED) is 0.793. The zero-order valence-electron chi connectivity index (χ0n) is 12.3. The molecule has 0 amide bonds. The lowest BCUT2D eigenvalue weighted by Gasteiger charge is -2.35. The third kappa shape index (κ3) is 3.04. The number of anilines is 1. The molecule has 2 heterocycles. The molecule has 0 N–H and O–H groups in total. The van der Waals surface area contributed by atoms with Crippen LogP contribution in [0.25, 0.3) is 0 Å². The first-order valence-electron chi connectivity index (χ1n) is 7.44. The number of benzene rings is 1. The van der Waals surface area contributed by atoms with Gasteiger partial charge in [0.05, 0.1) is 26.2 Å². The molecule has 2 aliphatic rings. The Morgan fingerprint density at radius 1 is 1.33 bits per heavy atom. The third-order valence-electron chi connectivity index (χ3n) is 4.15. The molecule has 21 heavy (non-hydrogen) atoms. The second kappa shape index (κ2) is 6.45. The molecule has 0 aliphatic carbocycles. The summed E-state index contributed by atoms with van der Waals surface area (Å²) < 4.78 is 15.9. The molecule has 1 atom stereocenters. The smallest absolute Gasteiger partial charge is 0.313 e. The van der Waals surface area contributed by atoms with E-state index in [0.717, 1.165) is 37.2 Å². The van der Waals surface area contributed by atoms with Crippen LogP contribution in [0.3, 0.4) is 0 Å². The molecule has 1 aromatic rings. The van der Waals surface area contributed by atoms with Gasteiger partial charge in [-0.1, -0.05) is 18.2 Å². The first-order chi connectivity index (χ1) is 10.3. The lowest BCUT2D eigenvalue weighted by Crippen LogP contribution is -2.35. The summed E-state index contributed by atoms with van der Waals surface area (Å²) >= 11 is 0. The van der Waals surface area contributed by atoms with Gasteiger partial charge >= 0.3 is 5.97 Å². The Morgan fingerprint density at radius 3 is 2.86 bits per heavy atom. The van der Waals surface area contributed by atoms with Crippen LogP contribution in [0.1, 0.15) is 24.3 Å². The summed E-state index contributed by atoms with van der Waals surface area (Å²) in [7, 11) is 1.45. The van der Waals surface area contributed by atoms with E-state index in [-0.39, 0.29) is 18.2 Å². The summed E-state index contributed by atoms with van der Waals surface area (Å²) in [6.45, 7) is 3.09. The molecular formula is C16H21NO4. The molecule has 0 radical (unpaired) electrons. The molecule has 2 aliphatic heterocycles. The molecule has 3 rings (SSSR count). The number of carbonyl (C=O) groups excluding carboxylic acids is 1. The minimum absolute atomic E-state index is 0.0875. The lowest BCUT2D eigenvalue weighted by molar-refractivity contribution is -0.142. The normalized spacial score (nSPS) is 22.1. The second-order valence-corrected chi connectivity index (χ2v) is 5.37. The zero-order valence-corrected chi connectivity index (χ0v) is 12.3. The van der Waals surface area contributed by atoms with E-state index in [9.17, 15) is 4.79 Å². The highest BCUT2D eigenvalue weighted by molar-refractivity contribution is 5.81. The van der Waals surface area contributed by atoms with E-state index in [2.05, 4.69) is 11.0 Å². The molecule has 1 aromatic carbocycles. The van der Waals surface area contributed by atoms with Gasteiger partial charge in [0.15, 0.2) is 6.29 Å². The van der Waals surface area contributed by atoms with Crippen molar-refractivity contribution in [1.29, 1.82) is 0 Å². The standard InChI is InChI=1S/C16H21NO4/c1-19-16(18)13-6-8-17(9-7-15-20-10-11-21-15)14-5-3-2-4-12(13)14/h2-5,13,15H,6-11H2,1H3/t13-/m0/s1. The highest BCUT2D eigenvalue weighted by atomic mass is 16.7. The van der Waals surface area contributed by atoms with Crippen LogP contribution in [0.2, 0.25) is 0 Å². The minimum Gasteiger partial charge on any atom is -0.469 e. The molecule has 5 nitrogen and oxygen atoms in total. The van der Waals surface area contributed by atoms with Crippen LogP contribution in [0, 0.1) is 0 Å². The first-order valence-corrected chi connectivity index (χ1v) is 7.44. The maximum Gasteiger partial charge on any atom is 0.313 e. The largest absolute Gasteiger partial charge is 0.469 e. The Labute approximate surface area is 124 Å². The topological polar surface area (TPSA) is 48.0 Å². The number of rotatable bonds is 4. The summed E-state index contributed by atoms with van der Waals surface area (Å²) in [5.74, 6) is -0.300. The minimum atomic E-state index is -0.151. The van der Waals surface area contributed by atoms with Gasteiger partial charge in [-0.2, -0.15) is 0 Å². The molecule has 1 fully saturated rings. The summed E-state index contributed by atoms with van der Waals surface area (Å²) in [5.41, 5.74) is 2.18. The van der Waals surface area contributed by atoms with Crippen molar-refractivity contribution in [1.82, 2.24) is 0 Å². The van der Waals surface area contributed by atoms with E-state index >= 15 is 0 Å². The van der Waals surface area contributed by atoms with Crippen molar-refractivity contribution in [3.8, 4) is 0 Å². The molecule has 0 bridgehead atoms. The summed E-state index contributed by atoms with van der Waals surface area (Å²) in [6.07, 6.45) is 1.54. The van der Waals surface area contributed by atoms with Gasteiger partial charge in [-0.15, -0.1) is 0 Å². The van der Waals surface area contributed by atoms with E-state index < -0.39 is 0 Å². The predicted octanol–water partition coefficient (Wildman–Crippen LogP) is 1.92. The van der Waals surface area contributed by atoms with E-state index in [1.165, 1.54) is 7.11 Å². The monoisotopic (exact) mass is 291 g/mol. The number of para-hydroxylation sites is 1. The number of fused-ring (bicyclic) bond motifs is 1. The van der Waals surface area contributed by atoms with E-state index in [4.69, 9.17) is 14.2 Å². The van der Waals surface area contributed by atoms with Crippen molar-refractivity contribution in [2.75, 3.05) is 38.3 Å². The van der Waals surface area contributed by atoms with Crippen molar-refractivity contribution >= 4 is 11.7 Å². The number of hydrogen-bond donors (Lipinski definition) is 0. The third-order valence-corrected chi connectivity index (χ3v) is 4.15. The second-order valence-electron chi connectivity index (χ2n) is 5.37. The first kappa shape index (κ1) is 14.4. The molecule has 0 spiro atoms. The zero-order chi connectivity index (χ0) is 14.7. The van der Waals surface area contributed by atoms with Crippen LogP contribution in [0.5, 0.6) is 0 Å². The van der Waals surface area contributed by atoms with Gasteiger partial charge in [0.2, 0.25) is 0 Å². The summed E-state index contributed by atoms with van der Waals surface area (Å²) in [5, 5.41) is 0. The summed E-state index contributed by atoms with van der Waals surface area (Å²) in [4.78, 5) is 14.2. The number of esters is 1. The fraction of sp³-hybridized carbons (Fsp3) is 0.562. The SMILES string of the molecule is COC(=O)[C@H]1CCN(CCC2OCCO2)c2ccccc21. The van der Waals surface area contributed by atoms with Crippen LogP contribution >= 0.6 is 0 Å². The number of nitrogens with zero attached hydrogens (tertiary/aromatic N) is 1. The fourth-order valence-corrected chi connectivity index (χ4v) is 3.09. The van der Waals surface area contributed by atoms with Gasteiger partial charge in [-0.3, -0.25) is 4.79 Å². The van der Waals surface area contributed by atoms with Crippen LogP contribution in [0.15, 0.2) is 24.3 Å². The van der Waals surface area contributed by atoms with Gasteiger partial charge in [-0.25, -0.2) is 0 Å². The Morgan fingerprint density at radius 2 is 2.10 bits per heavy atom. The average molecular weight is 291 g/mol. The van der Waals surface area contributed by atoms with Gasteiger partial charge in [0.25, 0.3) is 0 Å². The van der Waals surface area contributed by atoms with E-state index in [0.29, 0.717) is 13.2 Å². The number of ether oxygens (including phenoxy) is 3.